The van der Waals surface area contributed by atoms with Crippen molar-refractivity contribution in [1.29, 1.82) is 0 Å². The fourth-order valence-corrected chi connectivity index (χ4v) is 3.10. The maximum absolute atomic E-state index is 5.60. The Morgan fingerprint density at radius 1 is 1.16 bits per heavy atom. The average molecular weight is 336 g/mol. The van der Waals surface area contributed by atoms with Crippen molar-refractivity contribution in [2.75, 3.05) is 12.3 Å². The average Bonchev–Trinajstić information content (AvgIpc) is 3.12. The lowest BCUT2D eigenvalue weighted by atomic mass is 10.1. The number of benzene rings is 1. The molecule has 0 aliphatic heterocycles. The van der Waals surface area contributed by atoms with Gasteiger partial charge in [0.15, 0.2) is 5.58 Å². The number of ether oxygens (including phenoxy) is 1. The smallest absolute Gasteiger partial charge is 0.292 e. The van der Waals surface area contributed by atoms with Gasteiger partial charge in [0.1, 0.15) is 16.9 Å². The van der Waals surface area contributed by atoms with Gasteiger partial charge in [0.2, 0.25) is 0 Å². The van der Waals surface area contributed by atoms with Gasteiger partial charge in [-0.3, -0.25) is 0 Å². The zero-order valence-corrected chi connectivity index (χ0v) is 14.3. The van der Waals surface area contributed by atoms with Crippen LogP contribution in [0.25, 0.3) is 16.7 Å². The Bertz CT molecular complexity index is 1050. The summed E-state index contributed by atoms with van der Waals surface area (Å²) < 4.78 is 13.1. The first-order chi connectivity index (χ1) is 12.1. The number of fused-ring (bicyclic) bond motifs is 2. The number of nitrogens with two attached hydrogens (primary N) is 1. The molecule has 0 amide bonds. The van der Waals surface area contributed by atoms with Gasteiger partial charge < -0.3 is 19.3 Å². The van der Waals surface area contributed by atoms with Crippen LogP contribution in [0.1, 0.15) is 23.9 Å². The molecule has 0 atom stereocenters. The van der Waals surface area contributed by atoms with Crippen molar-refractivity contribution in [1.82, 2.24) is 14.4 Å². The van der Waals surface area contributed by atoms with E-state index in [0.29, 0.717) is 6.61 Å². The molecule has 0 radical (unpaired) electrons. The fraction of sp³-hybridized carbons (Fsp3) is 0.263. The van der Waals surface area contributed by atoms with Crippen molar-refractivity contribution in [3.8, 4) is 5.75 Å². The minimum atomic E-state index is 0.202. The summed E-state index contributed by atoms with van der Waals surface area (Å²) in [5.41, 5.74) is 11.4. The third-order valence-electron chi connectivity index (χ3n) is 4.37. The second-order valence-electron chi connectivity index (χ2n) is 6.02. The first kappa shape index (κ1) is 15.5. The maximum Gasteiger partial charge on any atom is 0.292 e. The van der Waals surface area contributed by atoms with Crippen LogP contribution in [0.2, 0.25) is 0 Å². The summed E-state index contributed by atoms with van der Waals surface area (Å²) in [6, 6.07) is 10.1. The van der Waals surface area contributed by atoms with Gasteiger partial charge in [-0.2, -0.15) is 4.98 Å². The highest BCUT2D eigenvalue weighted by atomic mass is 16.5. The Kier molecular flexibility index (Phi) is 3.80. The number of imidazole rings is 1. The lowest BCUT2D eigenvalue weighted by molar-refractivity contribution is 0.340. The zero-order valence-electron chi connectivity index (χ0n) is 14.3. The van der Waals surface area contributed by atoms with E-state index in [1.165, 1.54) is 5.56 Å². The van der Waals surface area contributed by atoms with Gasteiger partial charge in [0.05, 0.1) is 12.3 Å². The number of aromatic nitrogens is 3. The normalized spacial score (nSPS) is 11.4. The Hall–Kier alpha value is -3.02. The molecule has 6 nitrogen and oxygen atoms in total. The lowest BCUT2D eigenvalue weighted by Gasteiger charge is -2.03. The number of aryl methyl sites for hydroxylation is 3. The second-order valence-corrected chi connectivity index (χ2v) is 6.02. The number of anilines is 1. The molecule has 0 aliphatic rings. The second kappa shape index (κ2) is 6.12. The van der Waals surface area contributed by atoms with Crippen LogP contribution in [-0.4, -0.2) is 21.0 Å². The topological polar surface area (TPSA) is 78.6 Å². The van der Waals surface area contributed by atoms with Crippen molar-refractivity contribution in [3.63, 3.8) is 0 Å². The van der Waals surface area contributed by atoms with Crippen LogP contribution in [0, 0.1) is 6.92 Å². The van der Waals surface area contributed by atoms with E-state index in [1.807, 2.05) is 37.4 Å². The van der Waals surface area contributed by atoms with Crippen LogP contribution in [0.5, 0.6) is 5.75 Å². The lowest BCUT2D eigenvalue weighted by Crippen LogP contribution is -1.95. The molecule has 1 aromatic carbocycles. The van der Waals surface area contributed by atoms with Crippen molar-refractivity contribution in [3.05, 3.63) is 53.5 Å². The van der Waals surface area contributed by atoms with E-state index in [-0.39, 0.29) is 6.01 Å². The Morgan fingerprint density at radius 2 is 2.04 bits per heavy atom. The summed E-state index contributed by atoms with van der Waals surface area (Å²) in [7, 11) is 0. The summed E-state index contributed by atoms with van der Waals surface area (Å²) in [5, 5.41) is 0. The van der Waals surface area contributed by atoms with Gasteiger partial charge in [-0.15, -0.1) is 0 Å². The highest BCUT2D eigenvalue weighted by Crippen LogP contribution is 2.21. The quantitative estimate of drug-likeness (QED) is 0.603. The molecule has 0 spiro atoms. The minimum absolute atomic E-state index is 0.202. The number of hydrogen-bond acceptors (Lipinski definition) is 5. The molecule has 0 bridgehead atoms. The van der Waals surface area contributed by atoms with E-state index in [9.17, 15) is 0 Å². The van der Waals surface area contributed by atoms with Gasteiger partial charge in [-0.25, -0.2) is 4.98 Å². The molecule has 4 aromatic rings. The van der Waals surface area contributed by atoms with Crippen LogP contribution in [0.15, 0.2) is 40.9 Å². The fourth-order valence-electron chi connectivity index (χ4n) is 3.10. The molecule has 3 aromatic heterocycles. The van der Waals surface area contributed by atoms with Crippen molar-refractivity contribution < 1.29 is 9.15 Å². The van der Waals surface area contributed by atoms with Crippen LogP contribution in [-0.2, 0) is 12.8 Å². The Labute approximate surface area is 145 Å². The molecular weight excluding hydrogens is 316 g/mol. The van der Waals surface area contributed by atoms with E-state index in [4.69, 9.17) is 19.9 Å². The minimum Gasteiger partial charge on any atom is -0.494 e. The van der Waals surface area contributed by atoms with Crippen LogP contribution in [0.3, 0.4) is 0 Å². The predicted octanol–water partition coefficient (Wildman–Crippen LogP) is 3.55. The van der Waals surface area contributed by atoms with Crippen molar-refractivity contribution >= 4 is 22.8 Å². The van der Waals surface area contributed by atoms with Gasteiger partial charge in [0.25, 0.3) is 6.01 Å². The molecule has 128 valence electrons. The molecule has 2 N–H and O–H groups in total. The highest BCUT2D eigenvalue weighted by Gasteiger charge is 2.10. The summed E-state index contributed by atoms with van der Waals surface area (Å²) in [6.45, 7) is 4.72. The monoisotopic (exact) mass is 336 g/mol. The SMILES string of the molecule is CCOc1ccn2c(C)c(CCc3ccc4nc(N)oc4c3)nc2c1. The number of pyridine rings is 1. The molecule has 0 saturated heterocycles. The number of nitrogen functional groups attached to an aromatic ring is 1. The molecule has 6 heteroatoms. The van der Waals surface area contributed by atoms with Gasteiger partial charge in [-0.1, -0.05) is 6.07 Å². The maximum atomic E-state index is 5.60. The molecule has 0 unspecified atom stereocenters. The largest absolute Gasteiger partial charge is 0.494 e. The molecule has 25 heavy (non-hydrogen) atoms. The summed E-state index contributed by atoms with van der Waals surface area (Å²) in [6.07, 6.45) is 3.74. The Morgan fingerprint density at radius 3 is 2.88 bits per heavy atom. The van der Waals surface area contributed by atoms with Gasteiger partial charge in [0, 0.05) is 18.0 Å². The van der Waals surface area contributed by atoms with Crippen molar-refractivity contribution in [2.45, 2.75) is 26.7 Å². The Balaban J connectivity index is 1.57. The number of nitrogens with zero attached hydrogens (tertiary/aromatic N) is 3. The third kappa shape index (κ3) is 2.91. The van der Waals surface area contributed by atoms with Crippen LogP contribution < -0.4 is 10.5 Å². The summed E-state index contributed by atoms with van der Waals surface area (Å²) in [5.74, 6) is 0.847. The standard InChI is InChI=1S/C19H20N4O2/c1-3-24-14-8-9-23-12(2)15(21-18(23)11-14)6-4-13-5-7-16-17(10-13)25-19(20)22-16/h5,7-11H,3-4,6H2,1-2H3,(H2,20,22). The molecule has 4 rings (SSSR count). The van der Waals surface area contributed by atoms with Crippen LogP contribution >= 0.6 is 0 Å². The third-order valence-corrected chi connectivity index (χ3v) is 4.37. The van der Waals surface area contributed by atoms with Crippen molar-refractivity contribution in [2.24, 2.45) is 0 Å². The predicted molar refractivity (Wildman–Crippen MR) is 96.9 cm³/mol. The molecule has 0 saturated carbocycles. The molecule has 0 fully saturated rings. The number of oxazole rings is 1. The van der Waals surface area contributed by atoms with E-state index in [2.05, 4.69) is 22.4 Å². The highest BCUT2D eigenvalue weighted by molar-refractivity contribution is 5.74. The summed E-state index contributed by atoms with van der Waals surface area (Å²) >= 11 is 0. The van der Waals surface area contributed by atoms with E-state index >= 15 is 0 Å². The zero-order chi connectivity index (χ0) is 17.4. The number of rotatable bonds is 5. The van der Waals surface area contributed by atoms with Gasteiger partial charge >= 0.3 is 0 Å². The first-order valence-corrected chi connectivity index (χ1v) is 8.39. The molecule has 3 heterocycles. The number of hydrogen-bond donors (Lipinski definition) is 1. The molecular formula is C19H20N4O2. The first-order valence-electron chi connectivity index (χ1n) is 8.39. The molecule has 0 aliphatic carbocycles. The van der Waals surface area contributed by atoms with Gasteiger partial charge in [-0.05, 0) is 50.5 Å². The van der Waals surface area contributed by atoms with Crippen LogP contribution in [0.4, 0.5) is 6.01 Å². The van der Waals surface area contributed by atoms with E-state index < -0.39 is 0 Å². The van der Waals surface area contributed by atoms with E-state index in [0.717, 1.165) is 46.7 Å². The summed E-state index contributed by atoms with van der Waals surface area (Å²) in [4.78, 5) is 8.89. The van der Waals surface area contributed by atoms with E-state index in [1.54, 1.807) is 0 Å².